The van der Waals surface area contributed by atoms with Gasteiger partial charge in [0.2, 0.25) is 0 Å². The zero-order valence-electron chi connectivity index (χ0n) is 12.8. The number of hydrogen-bond donors (Lipinski definition) is 0. The Bertz CT molecular complexity index is 323. The molecule has 2 aliphatic carbocycles. The number of alkyl halides is 2. The van der Waals surface area contributed by atoms with Crippen LogP contribution in [0, 0.1) is 17.8 Å². The SMILES string of the molecule is C=C(CC)OC1CC[C@@H](C2CCC(C)CC2)C(F)C1F. The molecule has 20 heavy (non-hydrogen) atoms. The number of halogens is 2. The van der Waals surface area contributed by atoms with Gasteiger partial charge in [-0.2, -0.15) is 0 Å². The van der Waals surface area contributed by atoms with E-state index in [-0.39, 0.29) is 5.92 Å². The van der Waals surface area contributed by atoms with Crippen molar-refractivity contribution in [2.45, 2.75) is 77.2 Å². The largest absolute Gasteiger partial charge is 0.492 e. The second-order valence-corrected chi connectivity index (χ2v) is 6.70. The van der Waals surface area contributed by atoms with Crippen molar-refractivity contribution < 1.29 is 13.5 Å². The van der Waals surface area contributed by atoms with Crippen molar-refractivity contribution in [2.75, 3.05) is 0 Å². The van der Waals surface area contributed by atoms with Crippen LogP contribution in [0.15, 0.2) is 12.3 Å². The minimum Gasteiger partial charge on any atom is -0.492 e. The molecule has 1 nitrogen and oxygen atoms in total. The summed E-state index contributed by atoms with van der Waals surface area (Å²) in [5.41, 5.74) is 0. The molecule has 0 heterocycles. The first-order valence-corrected chi connectivity index (χ1v) is 8.15. The van der Waals surface area contributed by atoms with Gasteiger partial charge >= 0.3 is 0 Å². The van der Waals surface area contributed by atoms with E-state index in [9.17, 15) is 8.78 Å². The van der Waals surface area contributed by atoms with Crippen LogP contribution in [-0.2, 0) is 4.74 Å². The van der Waals surface area contributed by atoms with Crippen molar-refractivity contribution in [3.63, 3.8) is 0 Å². The van der Waals surface area contributed by atoms with Gasteiger partial charge in [-0.15, -0.1) is 0 Å². The zero-order chi connectivity index (χ0) is 14.7. The van der Waals surface area contributed by atoms with E-state index in [1.807, 2.05) is 6.92 Å². The monoisotopic (exact) mass is 286 g/mol. The lowest BCUT2D eigenvalue weighted by molar-refractivity contribution is -0.0678. The fraction of sp³-hybridized carbons (Fsp3) is 0.882. The van der Waals surface area contributed by atoms with Crippen molar-refractivity contribution in [1.82, 2.24) is 0 Å². The molecular weight excluding hydrogens is 258 g/mol. The minimum absolute atomic E-state index is 0.104. The topological polar surface area (TPSA) is 9.23 Å². The fourth-order valence-corrected chi connectivity index (χ4v) is 3.75. The number of ether oxygens (including phenoxy) is 1. The fourth-order valence-electron chi connectivity index (χ4n) is 3.75. The molecule has 0 radical (unpaired) electrons. The molecule has 0 bridgehead atoms. The minimum atomic E-state index is -1.49. The van der Waals surface area contributed by atoms with E-state index in [1.165, 1.54) is 0 Å². The van der Waals surface area contributed by atoms with Gasteiger partial charge in [-0.1, -0.05) is 33.3 Å². The van der Waals surface area contributed by atoms with Crippen LogP contribution in [0.1, 0.15) is 58.8 Å². The number of rotatable bonds is 4. The third kappa shape index (κ3) is 3.53. The van der Waals surface area contributed by atoms with Gasteiger partial charge in [0.05, 0.1) is 5.76 Å². The highest BCUT2D eigenvalue weighted by atomic mass is 19.2. The van der Waals surface area contributed by atoms with Crippen molar-refractivity contribution in [3.8, 4) is 0 Å². The maximum absolute atomic E-state index is 14.4. The highest BCUT2D eigenvalue weighted by Gasteiger charge is 2.44. The molecule has 3 heteroatoms. The Kier molecular flexibility index (Phi) is 5.45. The van der Waals surface area contributed by atoms with Crippen LogP contribution in [0.5, 0.6) is 0 Å². The molecule has 116 valence electrons. The Morgan fingerprint density at radius 3 is 2.30 bits per heavy atom. The third-order valence-corrected chi connectivity index (χ3v) is 5.23. The number of allylic oxidation sites excluding steroid dienone is 1. The van der Waals surface area contributed by atoms with Crippen LogP contribution >= 0.6 is 0 Å². The van der Waals surface area contributed by atoms with Gasteiger partial charge in [0.15, 0.2) is 6.17 Å². The molecule has 0 aliphatic heterocycles. The van der Waals surface area contributed by atoms with Crippen LogP contribution in [0.4, 0.5) is 8.78 Å². The molecular formula is C17H28F2O. The summed E-state index contributed by atoms with van der Waals surface area (Å²) >= 11 is 0. The van der Waals surface area contributed by atoms with Gasteiger partial charge in [0.25, 0.3) is 0 Å². The van der Waals surface area contributed by atoms with E-state index >= 15 is 0 Å². The summed E-state index contributed by atoms with van der Waals surface area (Å²) in [4.78, 5) is 0. The lowest BCUT2D eigenvalue weighted by Crippen LogP contribution is -2.45. The lowest BCUT2D eigenvalue weighted by Gasteiger charge is -2.41. The van der Waals surface area contributed by atoms with Gasteiger partial charge < -0.3 is 4.74 Å². The molecule has 4 atom stereocenters. The van der Waals surface area contributed by atoms with Crippen molar-refractivity contribution >= 4 is 0 Å². The standard InChI is InChI=1S/C17H28F2O/c1-4-12(3)20-15-10-9-14(16(18)17(15)19)13-7-5-11(2)6-8-13/h11,13-17H,3-10H2,1-2H3/t11?,13?,14-,15?,16?,17?/m0/s1. The van der Waals surface area contributed by atoms with Crippen molar-refractivity contribution in [3.05, 3.63) is 12.3 Å². The van der Waals surface area contributed by atoms with E-state index < -0.39 is 18.4 Å². The van der Waals surface area contributed by atoms with E-state index in [4.69, 9.17) is 4.74 Å². The number of hydrogen-bond acceptors (Lipinski definition) is 1. The summed E-state index contributed by atoms with van der Waals surface area (Å²) < 4.78 is 34.2. The summed E-state index contributed by atoms with van der Waals surface area (Å²) in [5.74, 6) is 1.58. The molecule has 0 amide bonds. The van der Waals surface area contributed by atoms with Gasteiger partial charge in [-0.25, -0.2) is 8.78 Å². The molecule has 0 N–H and O–H groups in total. The summed E-state index contributed by atoms with van der Waals surface area (Å²) in [6, 6.07) is 0. The van der Waals surface area contributed by atoms with E-state index in [1.54, 1.807) is 0 Å². The molecule has 0 aromatic heterocycles. The average molecular weight is 286 g/mol. The van der Waals surface area contributed by atoms with Crippen LogP contribution in [0.25, 0.3) is 0 Å². The molecule has 2 fully saturated rings. The first-order chi connectivity index (χ1) is 9.52. The summed E-state index contributed by atoms with van der Waals surface area (Å²) in [7, 11) is 0. The first-order valence-electron chi connectivity index (χ1n) is 8.15. The average Bonchev–Trinajstić information content (AvgIpc) is 2.45. The predicted octanol–water partition coefficient (Wildman–Crippen LogP) is 5.21. The van der Waals surface area contributed by atoms with Gasteiger partial charge in [-0.05, 0) is 43.4 Å². The maximum Gasteiger partial charge on any atom is 0.168 e. The molecule has 0 aromatic carbocycles. The third-order valence-electron chi connectivity index (χ3n) is 5.23. The van der Waals surface area contributed by atoms with Crippen molar-refractivity contribution in [2.24, 2.45) is 17.8 Å². The summed E-state index contributed by atoms with van der Waals surface area (Å²) in [5, 5.41) is 0. The Morgan fingerprint density at radius 1 is 1.05 bits per heavy atom. The van der Waals surface area contributed by atoms with E-state index in [0.29, 0.717) is 24.5 Å². The Morgan fingerprint density at radius 2 is 1.70 bits per heavy atom. The van der Waals surface area contributed by atoms with Gasteiger partial charge in [0, 0.05) is 6.42 Å². The van der Waals surface area contributed by atoms with Gasteiger partial charge in [-0.3, -0.25) is 0 Å². The van der Waals surface area contributed by atoms with Crippen LogP contribution < -0.4 is 0 Å². The summed E-state index contributed by atoms with van der Waals surface area (Å²) in [6.45, 7) is 7.90. The molecule has 0 aromatic rings. The van der Waals surface area contributed by atoms with Crippen LogP contribution in [0.3, 0.4) is 0 Å². The van der Waals surface area contributed by atoms with Crippen molar-refractivity contribution in [1.29, 1.82) is 0 Å². The summed E-state index contributed by atoms with van der Waals surface area (Å²) in [6.07, 6.45) is 3.00. The second kappa shape index (κ2) is 6.91. The maximum atomic E-state index is 14.4. The van der Waals surface area contributed by atoms with Crippen LogP contribution in [0.2, 0.25) is 0 Å². The van der Waals surface area contributed by atoms with E-state index in [2.05, 4.69) is 13.5 Å². The lowest BCUT2D eigenvalue weighted by atomic mass is 9.69. The Hall–Kier alpha value is -0.600. The normalized spacial score (nSPS) is 42.2. The van der Waals surface area contributed by atoms with E-state index in [0.717, 1.165) is 38.0 Å². The Balaban J connectivity index is 1.91. The highest BCUT2D eigenvalue weighted by Crippen LogP contribution is 2.42. The smallest absolute Gasteiger partial charge is 0.168 e. The molecule has 2 saturated carbocycles. The molecule has 2 rings (SSSR count). The molecule has 2 aliphatic rings. The first kappa shape index (κ1) is 15.8. The predicted molar refractivity (Wildman–Crippen MR) is 77.9 cm³/mol. The zero-order valence-corrected chi connectivity index (χ0v) is 12.8. The van der Waals surface area contributed by atoms with Crippen LogP contribution in [-0.4, -0.2) is 18.4 Å². The second-order valence-electron chi connectivity index (χ2n) is 6.70. The molecule has 0 spiro atoms. The van der Waals surface area contributed by atoms with Gasteiger partial charge in [0.1, 0.15) is 12.3 Å². The Labute approximate surface area is 121 Å². The molecule has 0 saturated heterocycles. The quantitative estimate of drug-likeness (QED) is 0.645. The molecule has 3 unspecified atom stereocenters. The highest BCUT2D eigenvalue weighted by molar-refractivity contribution is 4.95.